The normalized spacial score (nSPS) is 12.0. The van der Waals surface area contributed by atoms with Gasteiger partial charge in [0.15, 0.2) is 10.7 Å². The summed E-state index contributed by atoms with van der Waals surface area (Å²) >= 11 is 1.12. The van der Waals surface area contributed by atoms with Crippen LogP contribution >= 0.6 is 11.3 Å². The van der Waals surface area contributed by atoms with Crippen LogP contribution < -0.4 is 10.7 Å². The van der Waals surface area contributed by atoms with Crippen molar-refractivity contribution in [1.29, 1.82) is 0 Å². The number of hydrogen-bond acceptors (Lipinski definition) is 7. The third-order valence-corrected chi connectivity index (χ3v) is 5.62. The summed E-state index contributed by atoms with van der Waals surface area (Å²) < 4.78 is 25.9. The largest absolute Gasteiger partial charge is 0.458 e. The van der Waals surface area contributed by atoms with Gasteiger partial charge >= 0.3 is 11.7 Å². The molecule has 0 radical (unpaired) electrons. The van der Waals surface area contributed by atoms with E-state index in [2.05, 4.69) is 4.98 Å². The standard InChI is InChI=1S/C22H18FN3O5S/c1-13(25-18-9-5-6-10-19(18)31-22(25)29)20(28)30-11-15-12-32-21(24-15)26(14(2)27)17-8-4-3-7-16(17)23/h3-10,12-13H,11H2,1-2H3. The van der Waals surface area contributed by atoms with Crippen LogP contribution in [-0.4, -0.2) is 21.4 Å². The fraction of sp³-hybridized carbons (Fsp3) is 0.182. The van der Waals surface area contributed by atoms with Crippen molar-refractivity contribution < 1.29 is 23.1 Å². The molecule has 4 rings (SSSR count). The van der Waals surface area contributed by atoms with Crippen molar-refractivity contribution in [2.75, 3.05) is 4.90 Å². The highest BCUT2D eigenvalue weighted by molar-refractivity contribution is 7.14. The smallest absolute Gasteiger partial charge is 0.420 e. The highest BCUT2D eigenvalue weighted by atomic mass is 32.1. The lowest BCUT2D eigenvalue weighted by molar-refractivity contribution is -0.148. The summed E-state index contributed by atoms with van der Waals surface area (Å²) in [4.78, 5) is 42.3. The molecule has 0 spiro atoms. The number of fused-ring (bicyclic) bond motifs is 1. The van der Waals surface area contributed by atoms with Crippen molar-refractivity contribution >= 4 is 45.1 Å². The lowest BCUT2D eigenvalue weighted by Gasteiger charge is -2.18. The van der Waals surface area contributed by atoms with Gasteiger partial charge in [0.05, 0.1) is 16.9 Å². The van der Waals surface area contributed by atoms with Crippen LogP contribution in [0.2, 0.25) is 0 Å². The Labute approximate surface area is 185 Å². The summed E-state index contributed by atoms with van der Waals surface area (Å²) in [6.07, 6.45) is 0. The number of ether oxygens (including phenoxy) is 1. The number of rotatable bonds is 6. The molecule has 1 atom stereocenters. The Morgan fingerprint density at radius 3 is 2.69 bits per heavy atom. The maximum Gasteiger partial charge on any atom is 0.420 e. The first-order valence-electron chi connectivity index (χ1n) is 9.63. The number of oxazole rings is 1. The molecule has 0 saturated carbocycles. The van der Waals surface area contributed by atoms with Crippen molar-refractivity contribution in [3.8, 4) is 0 Å². The summed E-state index contributed by atoms with van der Waals surface area (Å²) in [5.41, 5.74) is 1.33. The number of aromatic nitrogens is 2. The molecule has 0 aliphatic rings. The molecule has 0 bridgehead atoms. The van der Waals surface area contributed by atoms with Gasteiger partial charge in [-0.15, -0.1) is 11.3 Å². The van der Waals surface area contributed by atoms with E-state index in [4.69, 9.17) is 9.15 Å². The van der Waals surface area contributed by atoms with Crippen LogP contribution in [0.1, 0.15) is 25.6 Å². The Bertz CT molecular complexity index is 1360. The summed E-state index contributed by atoms with van der Waals surface area (Å²) in [6, 6.07) is 11.7. The van der Waals surface area contributed by atoms with Crippen molar-refractivity contribution in [3.05, 3.63) is 76.0 Å². The molecule has 4 aromatic rings. The van der Waals surface area contributed by atoms with Crippen LogP contribution in [0.25, 0.3) is 11.1 Å². The minimum absolute atomic E-state index is 0.0812. The summed E-state index contributed by atoms with van der Waals surface area (Å²) in [5, 5.41) is 1.86. The molecular weight excluding hydrogens is 437 g/mol. The number of halogens is 1. The van der Waals surface area contributed by atoms with Gasteiger partial charge in [0.2, 0.25) is 5.91 Å². The second-order valence-electron chi connectivity index (χ2n) is 6.92. The van der Waals surface area contributed by atoms with E-state index in [9.17, 15) is 18.8 Å². The number of benzene rings is 2. The Kier molecular flexibility index (Phi) is 5.87. The maximum atomic E-state index is 14.2. The monoisotopic (exact) mass is 455 g/mol. The van der Waals surface area contributed by atoms with Crippen molar-refractivity contribution in [3.63, 3.8) is 0 Å². The summed E-state index contributed by atoms with van der Waals surface area (Å²) in [7, 11) is 0. The maximum absolute atomic E-state index is 14.2. The van der Waals surface area contributed by atoms with E-state index < -0.39 is 29.5 Å². The van der Waals surface area contributed by atoms with Crippen LogP contribution in [0.3, 0.4) is 0 Å². The van der Waals surface area contributed by atoms with Gasteiger partial charge in [-0.25, -0.2) is 19.0 Å². The van der Waals surface area contributed by atoms with E-state index >= 15 is 0 Å². The molecule has 0 aliphatic carbocycles. The van der Waals surface area contributed by atoms with Gasteiger partial charge in [0, 0.05) is 12.3 Å². The molecule has 1 amide bonds. The molecule has 10 heteroatoms. The number of amides is 1. The minimum atomic E-state index is -0.920. The zero-order valence-electron chi connectivity index (χ0n) is 17.1. The van der Waals surface area contributed by atoms with Crippen molar-refractivity contribution in [2.45, 2.75) is 26.5 Å². The van der Waals surface area contributed by atoms with Gasteiger partial charge in [-0.2, -0.15) is 0 Å². The molecule has 0 aliphatic heterocycles. The topological polar surface area (TPSA) is 94.6 Å². The number of nitrogens with zero attached hydrogens (tertiary/aromatic N) is 3. The zero-order valence-corrected chi connectivity index (χ0v) is 18.0. The SMILES string of the molecule is CC(=O)N(c1nc(COC(=O)C(C)n2c(=O)oc3ccccc32)cs1)c1ccccc1F. The molecule has 2 heterocycles. The molecule has 2 aromatic heterocycles. The lowest BCUT2D eigenvalue weighted by atomic mass is 10.3. The first-order valence-corrected chi connectivity index (χ1v) is 10.5. The Hall–Kier alpha value is -3.79. The first-order chi connectivity index (χ1) is 15.4. The molecule has 164 valence electrons. The fourth-order valence-electron chi connectivity index (χ4n) is 3.23. The molecule has 32 heavy (non-hydrogen) atoms. The van der Waals surface area contributed by atoms with E-state index in [1.807, 2.05) is 0 Å². The second-order valence-corrected chi connectivity index (χ2v) is 7.75. The first kappa shape index (κ1) is 21.4. The third kappa shape index (κ3) is 4.04. The highest BCUT2D eigenvalue weighted by Gasteiger charge is 2.24. The number of hydrogen-bond donors (Lipinski definition) is 0. The number of anilines is 2. The molecule has 0 N–H and O–H groups in total. The molecule has 2 aromatic carbocycles. The van der Waals surface area contributed by atoms with E-state index in [-0.39, 0.29) is 17.4 Å². The van der Waals surface area contributed by atoms with Gasteiger partial charge < -0.3 is 9.15 Å². The van der Waals surface area contributed by atoms with Crippen LogP contribution in [0.15, 0.2) is 63.1 Å². The molecule has 8 nitrogen and oxygen atoms in total. The highest BCUT2D eigenvalue weighted by Crippen LogP contribution is 2.31. The van der Waals surface area contributed by atoms with Crippen LogP contribution in [0, 0.1) is 5.82 Å². The predicted octanol–water partition coefficient (Wildman–Crippen LogP) is 4.18. The van der Waals surface area contributed by atoms with Crippen molar-refractivity contribution in [1.82, 2.24) is 9.55 Å². The second kappa shape index (κ2) is 8.75. The molecular formula is C22H18FN3O5S. The van der Waals surface area contributed by atoms with Gasteiger partial charge in [-0.05, 0) is 31.2 Å². The quantitative estimate of drug-likeness (QED) is 0.405. The zero-order chi connectivity index (χ0) is 22.8. The van der Waals surface area contributed by atoms with Crippen molar-refractivity contribution in [2.24, 2.45) is 0 Å². The molecule has 0 fully saturated rings. The Balaban J connectivity index is 1.49. The number of carbonyl (C=O) groups is 2. The minimum Gasteiger partial charge on any atom is -0.458 e. The number of para-hydroxylation sites is 3. The van der Waals surface area contributed by atoms with Gasteiger partial charge in [-0.1, -0.05) is 24.3 Å². The fourth-order valence-corrected chi connectivity index (χ4v) is 4.09. The van der Waals surface area contributed by atoms with Gasteiger partial charge in [0.25, 0.3) is 0 Å². The van der Waals surface area contributed by atoms with Crippen LogP contribution in [0.5, 0.6) is 0 Å². The predicted molar refractivity (Wildman–Crippen MR) is 116 cm³/mol. The third-order valence-electron chi connectivity index (χ3n) is 4.75. The van der Waals surface area contributed by atoms with E-state index in [0.717, 1.165) is 16.2 Å². The van der Waals surface area contributed by atoms with E-state index in [0.29, 0.717) is 16.8 Å². The average molecular weight is 455 g/mol. The van der Waals surface area contributed by atoms with Crippen LogP contribution in [-0.2, 0) is 20.9 Å². The summed E-state index contributed by atoms with van der Waals surface area (Å²) in [5.74, 6) is -2.27. The molecule has 1 unspecified atom stereocenters. The average Bonchev–Trinajstić information content (AvgIpc) is 3.36. The van der Waals surface area contributed by atoms with E-state index in [1.165, 1.54) is 36.6 Å². The van der Waals surface area contributed by atoms with E-state index in [1.54, 1.807) is 35.7 Å². The number of thiazole rings is 1. The number of esters is 1. The Morgan fingerprint density at radius 2 is 1.94 bits per heavy atom. The summed E-state index contributed by atoms with van der Waals surface area (Å²) in [6.45, 7) is 2.67. The van der Waals surface area contributed by atoms with Crippen LogP contribution in [0.4, 0.5) is 15.2 Å². The molecule has 0 saturated heterocycles. The van der Waals surface area contributed by atoms with Gasteiger partial charge in [0.1, 0.15) is 18.5 Å². The lowest BCUT2D eigenvalue weighted by Crippen LogP contribution is -2.26. The van der Waals surface area contributed by atoms with Gasteiger partial charge in [-0.3, -0.25) is 14.3 Å². The Morgan fingerprint density at radius 1 is 1.22 bits per heavy atom. The number of carbonyl (C=O) groups excluding carboxylic acids is 2.